The highest BCUT2D eigenvalue weighted by Crippen LogP contribution is 2.22. The molecule has 1 aliphatic heterocycles. The fourth-order valence-electron chi connectivity index (χ4n) is 2.10. The average molecular weight is 301 g/mol. The van der Waals surface area contributed by atoms with Crippen molar-refractivity contribution in [2.75, 3.05) is 44.9 Å². The van der Waals surface area contributed by atoms with Gasteiger partial charge in [0, 0.05) is 32.4 Å². The topological polar surface area (TPSA) is 50.8 Å². The molecule has 1 amide bonds. The molecule has 0 aliphatic carbocycles. The van der Waals surface area contributed by atoms with Gasteiger partial charge in [-0.25, -0.2) is 0 Å². The van der Waals surface area contributed by atoms with Crippen LogP contribution < -0.4 is 10.2 Å². The molecule has 20 heavy (non-hydrogen) atoms. The molecule has 0 saturated heterocycles. The predicted molar refractivity (Wildman–Crippen MR) is 80.4 cm³/mol. The summed E-state index contributed by atoms with van der Waals surface area (Å²) in [5.74, 6) is -0.00717. The molecule has 0 bridgehead atoms. The van der Waals surface area contributed by atoms with E-state index in [0.29, 0.717) is 19.8 Å². The van der Waals surface area contributed by atoms with Gasteiger partial charge in [0.25, 0.3) is 5.91 Å². The first kappa shape index (κ1) is 16.9. The lowest BCUT2D eigenvalue weighted by atomic mass is 10.1. The van der Waals surface area contributed by atoms with Crippen LogP contribution >= 0.6 is 12.4 Å². The number of carbonyl (C=O) groups is 1. The van der Waals surface area contributed by atoms with E-state index in [1.54, 1.807) is 12.0 Å². The Morgan fingerprint density at radius 3 is 2.95 bits per heavy atom. The lowest BCUT2D eigenvalue weighted by Crippen LogP contribution is -2.37. The van der Waals surface area contributed by atoms with Gasteiger partial charge < -0.3 is 19.7 Å². The Morgan fingerprint density at radius 2 is 2.15 bits per heavy atom. The third-order valence-corrected chi connectivity index (χ3v) is 3.07. The number of para-hydroxylation sites is 1. The number of hydrogen-bond donors (Lipinski definition) is 1. The molecule has 112 valence electrons. The van der Waals surface area contributed by atoms with Gasteiger partial charge >= 0.3 is 0 Å². The monoisotopic (exact) mass is 300 g/mol. The summed E-state index contributed by atoms with van der Waals surface area (Å²) >= 11 is 0. The predicted octanol–water partition coefficient (Wildman–Crippen LogP) is 1.21. The van der Waals surface area contributed by atoms with Crippen molar-refractivity contribution in [3.63, 3.8) is 0 Å². The van der Waals surface area contributed by atoms with Crippen LogP contribution in [0.5, 0.6) is 0 Å². The van der Waals surface area contributed by atoms with E-state index in [0.717, 1.165) is 24.3 Å². The number of hydrogen-bond acceptors (Lipinski definition) is 4. The van der Waals surface area contributed by atoms with Crippen LogP contribution in [-0.2, 0) is 20.8 Å². The maximum absolute atomic E-state index is 12.2. The number of benzene rings is 1. The van der Waals surface area contributed by atoms with E-state index in [-0.39, 0.29) is 24.9 Å². The molecule has 0 atom stereocenters. The number of carbonyl (C=O) groups excluding carboxylic acids is 1. The summed E-state index contributed by atoms with van der Waals surface area (Å²) in [6, 6.07) is 7.97. The fourth-order valence-corrected chi connectivity index (χ4v) is 2.10. The van der Waals surface area contributed by atoms with Crippen molar-refractivity contribution in [2.24, 2.45) is 0 Å². The quantitative estimate of drug-likeness (QED) is 0.831. The average Bonchev–Trinajstić information content (AvgIpc) is 2.66. The van der Waals surface area contributed by atoms with Crippen molar-refractivity contribution < 1.29 is 14.3 Å². The number of halogens is 1. The van der Waals surface area contributed by atoms with Gasteiger partial charge in [0.2, 0.25) is 0 Å². The molecule has 0 fully saturated rings. The lowest BCUT2D eigenvalue weighted by molar-refractivity contribution is -0.123. The van der Waals surface area contributed by atoms with Gasteiger partial charge in [-0.1, -0.05) is 18.2 Å². The molecule has 0 aromatic heterocycles. The first-order valence-corrected chi connectivity index (χ1v) is 6.48. The van der Waals surface area contributed by atoms with E-state index in [2.05, 4.69) is 5.32 Å². The largest absolute Gasteiger partial charge is 0.382 e. The van der Waals surface area contributed by atoms with Crippen molar-refractivity contribution >= 4 is 24.0 Å². The molecule has 0 unspecified atom stereocenters. The number of nitrogens with zero attached hydrogens (tertiary/aromatic N) is 1. The van der Waals surface area contributed by atoms with Crippen LogP contribution in [0.25, 0.3) is 0 Å². The maximum Gasteiger partial charge on any atom is 0.253 e. The van der Waals surface area contributed by atoms with E-state index in [1.165, 1.54) is 0 Å². The normalized spacial score (nSPS) is 14.2. The number of ether oxygens (including phenoxy) is 2. The summed E-state index contributed by atoms with van der Waals surface area (Å²) in [5.41, 5.74) is 2.12. The third-order valence-electron chi connectivity index (χ3n) is 3.07. The number of fused-ring (bicyclic) bond motifs is 1. The Hall–Kier alpha value is -1.14. The Labute approximate surface area is 125 Å². The van der Waals surface area contributed by atoms with Gasteiger partial charge in [0.15, 0.2) is 0 Å². The number of methoxy groups -OCH3 is 1. The molecule has 1 aromatic carbocycles. The first-order valence-electron chi connectivity index (χ1n) is 6.48. The minimum Gasteiger partial charge on any atom is -0.382 e. The highest BCUT2D eigenvalue weighted by molar-refractivity contribution is 5.95. The van der Waals surface area contributed by atoms with Gasteiger partial charge in [-0.3, -0.25) is 4.79 Å². The Kier molecular flexibility index (Phi) is 7.54. The summed E-state index contributed by atoms with van der Waals surface area (Å²) in [6.07, 6.45) is 0. The smallest absolute Gasteiger partial charge is 0.253 e. The number of amides is 1. The standard InChI is InChI=1S/C14H20N2O3.ClH/c1-18-8-9-19-11-14(17)16-7-6-15-10-12-4-2-3-5-13(12)16;/h2-5,15H,6-11H2,1H3;1H. The summed E-state index contributed by atoms with van der Waals surface area (Å²) in [4.78, 5) is 14.0. The molecular formula is C14H21ClN2O3. The van der Waals surface area contributed by atoms with E-state index < -0.39 is 0 Å². The summed E-state index contributed by atoms with van der Waals surface area (Å²) in [7, 11) is 1.61. The molecular weight excluding hydrogens is 280 g/mol. The molecule has 1 N–H and O–H groups in total. The highest BCUT2D eigenvalue weighted by atomic mass is 35.5. The first-order chi connectivity index (χ1) is 9.33. The molecule has 0 saturated carbocycles. The van der Waals surface area contributed by atoms with Crippen molar-refractivity contribution in [1.82, 2.24) is 5.32 Å². The summed E-state index contributed by atoms with van der Waals surface area (Å²) in [5, 5.41) is 3.31. The second-order valence-electron chi connectivity index (χ2n) is 4.40. The molecule has 5 nitrogen and oxygen atoms in total. The summed E-state index contributed by atoms with van der Waals surface area (Å²) in [6.45, 7) is 3.30. The van der Waals surface area contributed by atoms with Crippen LogP contribution in [0.2, 0.25) is 0 Å². The number of rotatable bonds is 5. The van der Waals surface area contributed by atoms with Crippen molar-refractivity contribution in [1.29, 1.82) is 0 Å². The zero-order valence-electron chi connectivity index (χ0n) is 11.6. The third kappa shape index (κ3) is 4.45. The minimum absolute atomic E-state index is 0. The molecule has 6 heteroatoms. The van der Waals surface area contributed by atoms with E-state index in [4.69, 9.17) is 9.47 Å². The van der Waals surface area contributed by atoms with Crippen LogP contribution in [0, 0.1) is 0 Å². The summed E-state index contributed by atoms with van der Waals surface area (Å²) < 4.78 is 10.2. The van der Waals surface area contributed by atoms with E-state index >= 15 is 0 Å². The molecule has 0 spiro atoms. The van der Waals surface area contributed by atoms with E-state index in [1.807, 2.05) is 24.3 Å². The van der Waals surface area contributed by atoms with Crippen LogP contribution in [0.4, 0.5) is 5.69 Å². The van der Waals surface area contributed by atoms with Crippen LogP contribution in [0.1, 0.15) is 5.56 Å². The SMILES string of the molecule is COCCOCC(=O)N1CCNCc2ccccc21.Cl. The molecule has 1 aliphatic rings. The van der Waals surface area contributed by atoms with Gasteiger partial charge in [-0.2, -0.15) is 0 Å². The minimum atomic E-state index is -0.00717. The van der Waals surface area contributed by atoms with Crippen LogP contribution in [-0.4, -0.2) is 45.9 Å². The maximum atomic E-state index is 12.2. The number of anilines is 1. The Bertz CT molecular complexity index is 429. The van der Waals surface area contributed by atoms with Crippen LogP contribution in [0.15, 0.2) is 24.3 Å². The van der Waals surface area contributed by atoms with Crippen molar-refractivity contribution in [2.45, 2.75) is 6.54 Å². The zero-order valence-corrected chi connectivity index (χ0v) is 12.4. The fraction of sp³-hybridized carbons (Fsp3) is 0.500. The van der Waals surface area contributed by atoms with Crippen LogP contribution in [0.3, 0.4) is 0 Å². The second kappa shape index (κ2) is 8.92. The second-order valence-corrected chi connectivity index (χ2v) is 4.40. The Balaban J connectivity index is 0.00000200. The van der Waals surface area contributed by atoms with Gasteiger partial charge in [-0.05, 0) is 11.6 Å². The van der Waals surface area contributed by atoms with Crippen molar-refractivity contribution in [3.8, 4) is 0 Å². The van der Waals surface area contributed by atoms with Gasteiger partial charge in [0.05, 0.1) is 13.2 Å². The van der Waals surface area contributed by atoms with Gasteiger partial charge in [-0.15, -0.1) is 12.4 Å². The molecule has 1 aromatic rings. The zero-order chi connectivity index (χ0) is 13.5. The lowest BCUT2D eigenvalue weighted by Gasteiger charge is -2.22. The highest BCUT2D eigenvalue weighted by Gasteiger charge is 2.20. The molecule has 1 heterocycles. The number of nitrogens with one attached hydrogen (secondary N) is 1. The Morgan fingerprint density at radius 1 is 1.35 bits per heavy atom. The van der Waals surface area contributed by atoms with Gasteiger partial charge in [0.1, 0.15) is 6.61 Å². The molecule has 0 radical (unpaired) electrons. The van der Waals surface area contributed by atoms with Crippen molar-refractivity contribution in [3.05, 3.63) is 29.8 Å². The van der Waals surface area contributed by atoms with E-state index in [9.17, 15) is 4.79 Å². The molecule has 2 rings (SSSR count).